The fourth-order valence-electron chi connectivity index (χ4n) is 2.42. The maximum atomic E-state index is 6.01. The van der Waals surface area contributed by atoms with Gasteiger partial charge in [0, 0.05) is 12.2 Å². The minimum absolute atomic E-state index is 0.441. The average molecular weight is 252 g/mol. The van der Waals surface area contributed by atoms with Gasteiger partial charge in [-0.25, -0.2) is 4.98 Å². The van der Waals surface area contributed by atoms with Crippen LogP contribution >= 0.6 is 11.6 Å². The van der Waals surface area contributed by atoms with E-state index in [1.165, 1.54) is 0 Å². The SMILES string of the molecule is CCC(C(C)C)n1c(CCl)nc2cnccc21. The highest BCUT2D eigenvalue weighted by molar-refractivity contribution is 6.16. The van der Waals surface area contributed by atoms with Crippen LogP contribution in [0.25, 0.3) is 11.0 Å². The number of hydrogen-bond acceptors (Lipinski definition) is 2. The monoisotopic (exact) mass is 251 g/mol. The number of aromatic nitrogens is 3. The van der Waals surface area contributed by atoms with Gasteiger partial charge in [0.15, 0.2) is 0 Å². The molecular formula is C13H18ClN3. The molecule has 2 rings (SSSR count). The van der Waals surface area contributed by atoms with Crippen LogP contribution in [0.2, 0.25) is 0 Å². The summed E-state index contributed by atoms with van der Waals surface area (Å²) in [6.07, 6.45) is 4.69. The summed E-state index contributed by atoms with van der Waals surface area (Å²) in [4.78, 5) is 8.66. The van der Waals surface area contributed by atoms with E-state index >= 15 is 0 Å². The van der Waals surface area contributed by atoms with Gasteiger partial charge in [-0.3, -0.25) is 4.98 Å². The Morgan fingerprint density at radius 2 is 2.18 bits per heavy atom. The predicted molar refractivity (Wildman–Crippen MR) is 71.3 cm³/mol. The second-order valence-corrected chi connectivity index (χ2v) is 4.88. The largest absolute Gasteiger partial charge is 0.324 e. The van der Waals surface area contributed by atoms with E-state index in [2.05, 4.69) is 35.3 Å². The lowest BCUT2D eigenvalue weighted by molar-refractivity contribution is 0.367. The summed E-state index contributed by atoms with van der Waals surface area (Å²) < 4.78 is 2.27. The normalized spacial score (nSPS) is 13.5. The molecule has 17 heavy (non-hydrogen) atoms. The van der Waals surface area contributed by atoms with Crippen molar-refractivity contribution in [3.8, 4) is 0 Å². The zero-order chi connectivity index (χ0) is 12.4. The molecule has 0 aliphatic rings. The van der Waals surface area contributed by atoms with Gasteiger partial charge in [0.25, 0.3) is 0 Å². The van der Waals surface area contributed by atoms with E-state index in [0.29, 0.717) is 17.8 Å². The minimum Gasteiger partial charge on any atom is -0.324 e. The average Bonchev–Trinajstić information content (AvgIpc) is 2.69. The predicted octanol–water partition coefficient (Wildman–Crippen LogP) is 3.78. The Hall–Kier alpha value is -1.09. The lowest BCUT2D eigenvalue weighted by Gasteiger charge is -2.23. The van der Waals surface area contributed by atoms with Crippen LogP contribution in [-0.4, -0.2) is 14.5 Å². The standard InChI is InChI=1S/C13H18ClN3/c1-4-11(9(2)3)17-12-5-6-15-8-10(12)16-13(17)7-14/h5-6,8-9,11H,4,7H2,1-3H3. The van der Waals surface area contributed by atoms with Gasteiger partial charge in [-0.05, 0) is 18.4 Å². The van der Waals surface area contributed by atoms with Crippen molar-refractivity contribution >= 4 is 22.6 Å². The molecule has 4 heteroatoms. The molecule has 92 valence electrons. The first-order valence-corrected chi connectivity index (χ1v) is 6.59. The minimum atomic E-state index is 0.441. The van der Waals surface area contributed by atoms with E-state index in [9.17, 15) is 0 Å². The molecule has 0 saturated carbocycles. The Morgan fingerprint density at radius 3 is 2.76 bits per heavy atom. The molecule has 0 bridgehead atoms. The van der Waals surface area contributed by atoms with Crippen LogP contribution in [0.3, 0.4) is 0 Å². The molecule has 0 amide bonds. The smallest absolute Gasteiger partial charge is 0.125 e. The Bertz CT molecular complexity index is 504. The number of nitrogens with zero attached hydrogens (tertiary/aromatic N) is 3. The first-order chi connectivity index (χ1) is 8.19. The first kappa shape index (κ1) is 12.4. The van der Waals surface area contributed by atoms with E-state index in [0.717, 1.165) is 23.3 Å². The van der Waals surface area contributed by atoms with Crippen LogP contribution in [-0.2, 0) is 5.88 Å². The van der Waals surface area contributed by atoms with Crippen LogP contribution in [0, 0.1) is 5.92 Å². The fraction of sp³-hybridized carbons (Fsp3) is 0.538. The molecule has 0 aromatic carbocycles. The van der Waals surface area contributed by atoms with E-state index in [1.807, 2.05) is 12.3 Å². The Balaban J connectivity index is 2.64. The van der Waals surface area contributed by atoms with Gasteiger partial charge in [-0.1, -0.05) is 20.8 Å². The van der Waals surface area contributed by atoms with E-state index < -0.39 is 0 Å². The third-order valence-electron chi connectivity index (χ3n) is 3.20. The summed E-state index contributed by atoms with van der Waals surface area (Å²) in [6.45, 7) is 6.67. The first-order valence-electron chi connectivity index (χ1n) is 6.05. The van der Waals surface area contributed by atoms with Gasteiger partial charge in [0.2, 0.25) is 0 Å². The summed E-state index contributed by atoms with van der Waals surface area (Å²) in [5.74, 6) is 1.94. The Kier molecular flexibility index (Phi) is 3.67. The molecule has 0 fully saturated rings. The van der Waals surface area contributed by atoms with Crippen molar-refractivity contribution < 1.29 is 0 Å². The molecule has 0 saturated heterocycles. The lowest BCUT2D eigenvalue weighted by atomic mass is 10.0. The van der Waals surface area contributed by atoms with Crippen molar-refractivity contribution in [2.45, 2.75) is 39.1 Å². The molecule has 0 spiro atoms. The highest BCUT2D eigenvalue weighted by Gasteiger charge is 2.19. The number of halogens is 1. The van der Waals surface area contributed by atoms with Gasteiger partial charge in [0.1, 0.15) is 11.3 Å². The Labute approximate surface area is 107 Å². The van der Waals surface area contributed by atoms with Crippen LogP contribution in [0.15, 0.2) is 18.5 Å². The van der Waals surface area contributed by atoms with Crippen LogP contribution in [0.1, 0.15) is 39.1 Å². The molecule has 2 aromatic heterocycles. The molecule has 3 nitrogen and oxygen atoms in total. The van der Waals surface area contributed by atoms with Gasteiger partial charge >= 0.3 is 0 Å². The molecular weight excluding hydrogens is 234 g/mol. The van der Waals surface area contributed by atoms with Gasteiger partial charge in [-0.15, -0.1) is 11.6 Å². The van der Waals surface area contributed by atoms with Gasteiger partial charge in [0.05, 0.1) is 17.6 Å². The third-order valence-corrected chi connectivity index (χ3v) is 3.44. The number of pyridine rings is 1. The molecule has 2 aromatic rings. The highest BCUT2D eigenvalue weighted by Crippen LogP contribution is 2.28. The number of rotatable bonds is 4. The van der Waals surface area contributed by atoms with Crippen LogP contribution in [0.5, 0.6) is 0 Å². The lowest BCUT2D eigenvalue weighted by Crippen LogP contribution is -2.16. The zero-order valence-corrected chi connectivity index (χ0v) is 11.3. The van der Waals surface area contributed by atoms with Crippen LogP contribution in [0.4, 0.5) is 0 Å². The van der Waals surface area contributed by atoms with Crippen LogP contribution < -0.4 is 0 Å². The van der Waals surface area contributed by atoms with E-state index in [4.69, 9.17) is 11.6 Å². The van der Waals surface area contributed by atoms with Crippen molar-refractivity contribution in [3.63, 3.8) is 0 Å². The summed E-state index contributed by atoms with van der Waals surface area (Å²) in [5.41, 5.74) is 2.07. The topological polar surface area (TPSA) is 30.7 Å². The zero-order valence-electron chi connectivity index (χ0n) is 10.5. The molecule has 1 unspecified atom stereocenters. The second kappa shape index (κ2) is 5.05. The summed E-state index contributed by atoms with van der Waals surface area (Å²) in [7, 11) is 0. The summed E-state index contributed by atoms with van der Waals surface area (Å²) >= 11 is 6.01. The number of fused-ring (bicyclic) bond motifs is 1. The molecule has 0 N–H and O–H groups in total. The quantitative estimate of drug-likeness (QED) is 0.775. The van der Waals surface area contributed by atoms with Crippen molar-refractivity contribution in [2.75, 3.05) is 0 Å². The molecule has 0 aliphatic heterocycles. The van der Waals surface area contributed by atoms with Crippen molar-refractivity contribution in [2.24, 2.45) is 5.92 Å². The highest BCUT2D eigenvalue weighted by atomic mass is 35.5. The molecule has 0 radical (unpaired) electrons. The van der Waals surface area contributed by atoms with E-state index in [1.54, 1.807) is 6.20 Å². The number of alkyl halides is 1. The Morgan fingerprint density at radius 1 is 1.41 bits per heavy atom. The van der Waals surface area contributed by atoms with Crippen molar-refractivity contribution in [1.82, 2.24) is 14.5 Å². The van der Waals surface area contributed by atoms with E-state index in [-0.39, 0.29) is 0 Å². The second-order valence-electron chi connectivity index (χ2n) is 4.62. The summed E-state index contributed by atoms with van der Waals surface area (Å²) in [5, 5.41) is 0. The van der Waals surface area contributed by atoms with Gasteiger partial charge in [-0.2, -0.15) is 0 Å². The third kappa shape index (κ3) is 2.16. The summed E-state index contributed by atoms with van der Waals surface area (Å²) in [6, 6.07) is 2.46. The maximum absolute atomic E-state index is 6.01. The number of imidazole rings is 1. The number of hydrogen-bond donors (Lipinski definition) is 0. The van der Waals surface area contributed by atoms with Crippen molar-refractivity contribution in [1.29, 1.82) is 0 Å². The molecule has 2 heterocycles. The van der Waals surface area contributed by atoms with Gasteiger partial charge < -0.3 is 4.57 Å². The maximum Gasteiger partial charge on any atom is 0.125 e. The fourth-order valence-corrected chi connectivity index (χ4v) is 2.61. The van der Waals surface area contributed by atoms with Crippen molar-refractivity contribution in [3.05, 3.63) is 24.3 Å². The molecule has 1 atom stereocenters. The molecule has 0 aliphatic carbocycles.